The Morgan fingerprint density at radius 1 is 1.24 bits per heavy atom. The van der Waals surface area contributed by atoms with Crippen LogP contribution in [0.1, 0.15) is 22.6 Å². The van der Waals surface area contributed by atoms with Gasteiger partial charge in [-0.25, -0.2) is 4.79 Å². The Kier molecular flexibility index (Phi) is 5.14. The van der Waals surface area contributed by atoms with Gasteiger partial charge in [0.2, 0.25) is 5.82 Å². The second-order valence-electron chi connectivity index (χ2n) is 5.70. The van der Waals surface area contributed by atoms with E-state index >= 15 is 0 Å². The van der Waals surface area contributed by atoms with E-state index in [1.165, 1.54) is 0 Å². The molecule has 0 N–H and O–H groups in total. The first-order valence-electron chi connectivity index (χ1n) is 7.74. The highest BCUT2D eigenvalue weighted by atomic mass is 32.1. The summed E-state index contributed by atoms with van der Waals surface area (Å²) in [6, 6.07) is 5.92. The van der Waals surface area contributed by atoms with Crippen LogP contribution in [0.5, 0.6) is 5.75 Å². The molecule has 1 aromatic carbocycles. The molecule has 0 aliphatic carbocycles. The first-order chi connectivity index (χ1) is 12.0. The number of hydrogen-bond donors (Lipinski definition) is 0. The molecule has 0 bridgehead atoms. The topological polar surface area (TPSA) is 74.5 Å². The Bertz CT molecular complexity index is 848. The highest BCUT2D eigenvalue weighted by molar-refractivity contribution is 7.08. The number of rotatable bonds is 6. The van der Waals surface area contributed by atoms with Gasteiger partial charge in [-0.3, -0.25) is 0 Å². The van der Waals surface area contributed by atoms with Gasteiger partial charge in [0, 0.05) is 10.9 Å². The minimum absolute atomic E-state index is 0.0782. The maximum Gasteiger partial charge on any atom is 0.344 e. The first kappa shape index (κ1) is 17.2. The average Bonchev–Trinajstić information content (AvgIpc) is 3.23. The Balaban J connectivity index is 1.52. The van der Waals surface area contributed by atoms with Crippen LogP contribution >= 0.6 is 11.3 Å². The third kappa shape index (κ3) is 4.24. The Morgan fingerprint density at radius 3 is 2.68 bits per heavy atom. The summed E-state index contributed by atoms with van der Waals surface area (Å²) in [5, 5.41) is 7.71. The fourth-order valence-electron chi connectivity index (χ4n) is 2.53. The van der Waals surface area contributed by atoms with Crippen molar-refractivity contribution < 1.29 is 18.8 Å². The lowest BCUT2D eigenvalue weighted by molar-refractivity contribution is -0.148. The quantitative estimate of drug-likeness (QED) is 0.623. The zero-order valence-corrected chi connectivity index (χ0v) is 15.1. The zero-order chi connectivity index (χ0) is 17.8. The summed E-state index contributed by atoms with van der Waals surface area (Å²) in [7, 11) is 0. The van der Waals surface area contributed by atoms with E-state index in [1.54, 1.807) is 11.3 Å². The molecular formula is C18H18N2O4S. The average molecular weight is 358 g/mol. The van der Waals surface area contributed by atoms with E-state index in [1.807, 2.05) is 49.7 Å². The number of nitrogens with zero attached hydrogens (tertiary/aromatic N) is 2. The van der Waals surface area contributed by atoms with Gasteiger partial charge in [0.1, 0.15) is 5.75 Å². The normalized spacial score (nSPS) is 10.7. The summed E-state index contributed by atoms with van der Waals surface area (Å²) >= 11 is 1.55. The van der Waals surface area contributed by atoms with E-state index in [2.05, 4.69) is 10.1 Å². The predicted octanol–water partition coefficient (Wildman–Crippen LogP) is 3.85. The van der Waals surface area contributed by atoms with E-state index in [0.29, 0.717) is 11.6 Å². The molecule has 7 heteroatoms. The molecule has 0 fully saturated rings. The standard InChI is InChI=1S/C18H18N2O4S/c1-11-6-12(2)17(13(3)7-11)23-9-16(21)22-8-15-19-18(20-24-15)14-4-5-25-10-14/h4-7,10H,8-9H2,1-3H3. The maximum atomic E-state index is 11.9. The van der Waals surface area contributed by atoms with Gasteiger partial charge in [0.05, 0.1) is 0 Å². The molecule has 3 rings (SSSR count). The number of benzene rings is 1. The minimum Gasteiger partial charge on any atom is -0.481 e. The Hall–Kier alpha value is -2.67. The Labute approximate surface area is 149 Å². The van der Waals surface area contributed by atoms with Gasteiger partial charge in [0.15, 0.2) is 13.2 Å². The van der Waals surface area contributed by atoms with Crippen LogP contribution in [0.15, 0.2) is 33.5 Å². The molecule has 6 nitrogen and oxygen atoms in total. The van der Waals surface area contributed by atoms with Crippen molar-refractivity contribution in [3.8, 4) is 17.1 Å². The van der Waals surface area contributed by atoms with Crippen LogP contribution in [0.3, 0.4) is 0 Å². The van der Waals surface area contributed by atoms with Gasteiger partial charge in [-0.1, -0.05) is 22.9 Å². The van der Waals surface area contributed by atoms with E-state index < -0.39 is 5.97 Å². The molecule has 2 aromatic heterocycles. The number of esters is 1. The molecule has 0 aliphatic rings. The zero-order valence-electron chi connectivity index (χ0n) is 14.2. The number of thiophene rings is 1. The number of ether oxygens (including phenoxy) is 2. The summed E-state index contributed by atoms with van der Waals surface area (Å²) in [4.78, 5) is 16.1. The molecule has 2 heterocycles. The van der Waals surface area contributed by atoms with Gasteiger partial charge in [-0.05, 0) is 43.3 Å². The van der Waals surface area contributed by atoms with E-state index in [4.69, 9.17) is 14.0 Å². The second-order valence-corrected chi connectivity index (χ2v) is 6.48. The lowest BCUT2D eigenvalue weighted by atomic mass is 10.1. The molecule has 0 spiro atoms. The molecule has 0 saturated carbocycles. The lowest BCUT2D eigenvalue weighted by Crippen LogP contribution is -2.15. The smallest absolute Gasteiger partial charge is 0.344 e. The number of hydrogen-bond acceptors (Lipinski definition) is 7. The molecule has 0 aliphatic heterocycles. The molecule has 130 valence electrons. The van der Waals surface area contributed by atoms with Crippen LogP contribution in [0.25, 0.3) is 11.4 Å². The molecule has 0 unspecified atom stereocenters. The third-order valence-corrected chi connectivity index (χ3v) is 4.23. The predicted molar refractivity (Wildman–Crippen MR) is 93.6 cm³/mol. The molecule has 0 atom stereocenters. The summed E-state index contributed by atoms with van der Waals surface area (Å²) in [5.41, 5.74) is 4.01. The van der Waals surface area contributed by atoms with Crippen molar-refractivity contribution in [2.75, 3.05) is 6.61 Å². The lowest BCUT2D eigenvalue weighted by Gasteiger charge is -2.12. The number of aryl methyl sites for hydroxylation is 3. The fraction of sp³-hybridized carbons (Fsp3) is 0.278. The number of carbonyl (C=O) groups is 1. The molecule has 3 aromatic rings. The monoisotopic (exact) mass is 358 g/mol. The van der Waals surface area contributed by atoms with Gasteiger partial charge in [-0.15, -0.1) is 0 Å². The Morgan fingerprint density at radius 2 is 2.00 bits per heavy atom. The summed E-state index contributed by atoms with van der Waals surface area (Å²) in [6.45, 7) is 5.67. The molecule has 0 saturated heterocycles. The van der Waals surface area contributed by atoms with Crippen molar-refractivity contribution in [2.24, 2.45) is 0 Å². The van der Waals surface area contributed by atoms with E-state index in [0.717, 1.165) is 22.3 Å². The van der Waals surface area contributed by atoms with Crippen LogP contribution in [-0.2, 0) is 16.1 Å². The SMILES string of the molecule is Cc1cc(C)c(OCC(=O)OCc2nc(-c3ccsc3)no2)c(C)c1. The molecule has 0 radical (unpaired) electrons. The highest BCUT2D eigenvalue weighted by Gasteiger charge is 2.13. The molecular weight excluding hydrogens is 340 g/mol. The fourth-order valence-corrected chi connectivity index (χ4v) is 3.17. The van der Waals surface area contributed by atoms with Crippen molar-refractivity contribution >= 4 is 17.3 Å². The van der Waals surface area contributed by atoms with Crippen molar-refractivity contribution in [3.05, 3.63) is 51.5 Å². The van der Waals surface area contributed by atoms with Gasteiger partial charge >= 0.3 is 5.97 Å². The summed E-state index contributed by atoms with van der Waals surface area (Å²) < 4.78 is 15.8. The van der Waals surface area contributed by atoms with Crippen molar-refractivity contribution in [1.29, 1.82) is 0 Å². The van der Waals surface area contributed by atoms with E-state index in [9.17, 15) is 4.79 Å². The van der Waals surface area contributed by atoms with Crippen molar-refractivity contribution in [3.63, 3.8) is 0 Å². The second kappa shape index (κ2) is 7.48. The summed E-state index contributed by atoms with van der Waals surface area (Å²) in [6.07, 6.45) is 0. The van der Waals surface area contributed by atoms with E-state index in [-0.39, 0.29) is 19.1 Å². The van der Waals surface area contributed by atoms with Crippen molar-refractivity contribution in [1.82, 2.24) is 10.1 Å². The molecule has 25 heavy (non-hydrogen) atoms. The van der Waals surface area contributed by atoms with Gasteiger partial charge in [0.25, 0.3) is 5.89 Å². The van der Waals surface area contributed by atoms with Gasteiger partial charge in [-0.2, -0.15) is 16.3 Å². The minimum atomic E-state index is -0.491. The van der Waals surface area contributed by atoms with Crippen LogP contribution < -0.4 is 4.74 Å². The highest BCUT2D eigenvalue weighted by Crippen LogP contribution is 2.24. The molecule has 0 amide bonds. The number of aromatic nitrogens is 2. The van der Waals surface area contributed by atoms with Gasteiger partial charge < -0.3 is 14.0 Å². The largest absolute Gasteiger partial charge is 0.481 e. The van der Waals surface area contributed by atoms with Crippen LogP contribution in [0.2, 0.25) is 0 Å². The van der Waals surface area contributed by atoms with Crippen LogP contribution in [0.4, 0.5) is 0 Å². The van der Waals surface area contributed by atoms with Crippen LogP contribution in [0, 0.1) is 20.8 Å². The maximum absolute atomic E-state index is 11.9. The number of carbonyl (C=O) groups excluding carboxylic acids is 1. The third-order valence-electron chi connectivity index (χ3n) is 3.54. The van der Waals surface area contributed by atoms with Crippen LogP contribution in [-0.4, -0.2) is 22.7 Å². The van der Waals surface area contributed by atoms with Crippen molar-refractivity contribution in [2.45, 2.75) is 27.4 Å². The first-order valence-corrected chi connectivity index (χ1v) is 8.68. The summed E-state index contributed by atoms with van der Waals surface area (Å²) in [5.74, 6) is 0.946.